The first-order chi connectivity index (χ1) is 8.32. The van der Waals surface area contributed by atoms with Crippen molar-refractivity contribution in [3.8, 4) is 5.75 Å². The summed E-state index contributed by atoms with van der Waals surface area (Å²) in [7, 11) is 1.77. The van der Waals surface area contributed by atoms with Crippen LogP contribution in [0.2, 0.25) is 0 Å². The van der Waals surface area contributed by atoms with Gasteiger partial charge in [-0.2, -0.15) is 0 Å². The fraction of sp³-hybridized carbons (Fsp3) is 0.500. The average Bonchev–Trinajstić information content (AvgIpc) is 2.30. The molecule has 0 radical (unpaired) electrons. The minimum Gasteiger partial charge on any atom is -0.483 e. The van der Waals surface area contributed by atoms with Gasteiger partial charge in [0.2, 0.25) is 0 Å². The summed E-state index contributed by atoms with van der Waals surface area (Å²) in [5.74, 6) is 0.632. The Bertz CT molecular complexity index is 442. The van der Waals surface area contributed by atoms with Crippen LogP contribution in [0.25, 0.3) is 0 Å². The molecular weight excluding hydrogens is 228 g/mol. The van der Waals surface area contributed by atoms with Crippen LogP contribution in [0.4, 0.5) is 5.69 Å². The van der Waals surface area contributed by atoms with Gasteiger partial charge in [0.1, 0.15) is 5.75 Å². The maximum Gasteiger partial charge on any atom is 0.260 e. The van der Waals surface area contributed by atoms with Crippen molar-refractivity contribution in [1.82, 2.24) is 4.90 Å². The molecule has 1 amide bonds. The predicted molar refractivity (Wildman–Crippen MR) is 73.7 cm³/mol. The quantitative estimate of drug-likeness (QED) is 0.833. The number of nitrogens with zero attached hydrogens (tertiary/aromatic N) is 1. The summed E-state index contributed by atoms with van der Waals surface area (Å²) >= 11 is 0. The van der Waals surface area contributed by atoms with Gasteiger partial charge in [-0.3, -0.25) is 4.79 Å². The number of nitrogen functional groups attached to an aromatic ring is 1. The van der Waals surface area contributed by atoms with Gasteiger partial charge in [0.05, 0.1) is 0 Å². The third-order valence-electron chi connectivity index (χ3n) is 3.08. The number of hydrogen-bond donors (Lipinski definition) is 1. The molecule has 0 spiro atoms. The van der Waals surface area contributed by atoms with Crippen molar-refractivity contribution in [1.29, 1.82) is 0 Å². The molecule has 0 unspecified atom stereocenters. The second-order valence-corrected chi connectivity index (χ2v) is 4.86. The Hall–Kier alpha value is -1.71. The molecular formula is C14H22N2O2. The molecule has 0 atom stereocenters. The molecule has 0 aliphatic carbocycles. The van der Waals surface area contributed by atoms with E-state index in [-0.39, 0.29) is 18.6 Å². The normalized spacial score (nSPS) is 10.6. The molecule has 0 aliphatic heterocycles. The number of hydrogen-bond acceptors (Lipinski definition) is 3. The number of benzene rings is 1. The van der Waals surface area contributed by atoms with Crippen molar-refractivity contribution in [2.24, 2.45) is 0 Å². The SMILES string of the molecule is Cc1cc(C)c(OCC(=O)N(C)C(C)C)cc1N. The van der Waals surface area contributed by atoms with E-state index in [1.165, 1.54) is 0 Å². The van der Waals surface area contributed by atoms with Gasteiger partial charge in [-0.15, -0.1) is 0 Å². The molecule has 0 fully saturated rings. The van der Waals surface area contributed by atoms with Crippen molar-refractivity contribution in [2.75, 3.05) is 19.4 Å². The van der Waals surface area contributed by atoms with E-state index < -0.39 is 0 Å². The number of nitrogens with two attached hydrogens (primary N) is 1. The number of carbonyl (C=O) groups is 1. The number of carbonyl (C=O) groups excluding carboxylic acids is 1. The molecule has 1 aromatic rings. The molecule has 4 heteroatoms. The maximum absolute atomic E-state index is 11.8. The highest BCUT2D eigenvalue weighted by molar-refractivity contribution is 5.77. The molecule has 0 saturated heterocycles. The fourth-order valence-corrected chi connectivity index (χ4v) is 1.53. The van der Waals surface area contributed by atoms with Gasteiger partial charge in [0.25, 0.3) is 5.91 Å². The van der Waals surface area contributed by atoms with Crippen LogP contribution in [0.5, 0.6) is 5.75 Å². The Kier molecular flexibility index (Phi) is 4.59. The van der Waals surface area contributed by atoms with Crippen molar-refractivity contribution < 1.29 is 9.53 Å². The molecule has 2 N–H and O–H groups in total. The minimum atomic E-state index is -0.0384. The number of aryl methyl sites for hydroxylation is 2. The highest BCUT2D eigenvalue weighted by Crippen LogP contribution is 2.24. The summed E-state index contributed by atoms with van der Waals surface area (Å²) in [4.78, 5) is 13.5. The topological polar surface area (TPSA) is 55.6 Å². The Labute approximate surface area is 109 Å². The van der Waals surface area contributed by atoms with Crippen molar-refractivity contribution in [3.05, 3.63) is 23.3 Å². The van der Waals surface area contributed by atoms with E-state index >= 15 is 0 Å². The largest absolute Gasteiger partial charge is 0.483 e. The zero-order valence-electron chi connectivity index (χ0n) is 11.8. The standard InChI is InChI=1S/C14H22N2O2/c1-9(2)16(5)14(17)8-18-13-7-12(15)10(3)6-11(13)4/h6-7,9H,8,15H2,1-5H3. The van der Waals surface area contributed by atoms with Crippen LogP contribution in [0.1, 0.15) is 25.0 Å². The summed E-state index contributed by atoms with van der Waals surface area (Å²) in [6, 6.07) is 3.90. The highest BCUT2D eigenvalue weighted by atomic mass is 16.5. The van der Waals surface area contributed by atoms with Gasteiger partial charge in [0.15, 0.2) is 6.61 Å². The van der Waals surface area contributed by atoms with Gasteiger partial charge in [0, 0.05) is 24.8 Å². The lowest BCUT2D eigenvalue weighted by Crippen LogP contribution is -2.36. The van der Waals surface area contributed by atoms with Gasteiger partial charge in [-0.25, -0.2) is 0 Å². The summed E-state index contributed by atoms with van der Waals surface area (Å²) in [6.45, 7) is 7.86. The smallest absolute Gasteiger partial charge is 0.260 e. The summed E-state index contributed by atoms with van der Waals surface area (Å²) in [5, 5.41) is 0. The molecule has 1 rings (SSSR count). The molecule has 0 aromatic heterocycles. The molecule has 18 heavy (non-hydrogen) atoms. The van der Waals surface area contributed by atoms with Crippen LogP contribution in [-0.4, -0.2) is 30.5 Å². The van der Waals surface area contributed by atoms with Gasteiger partial charge in [-0.1, -0.05) is 6.07 Å². The van der Waals surface area contributed by atoms with Gasteiger partial charge < -0.3 is 15.4 Å². The van der Waals surface area contributed by atoms with Crippen LogP contribution in [-0.2, 0) is 4.79 Å². The summed E-state index contributed by atoms with van der Waals surface area (Å²) in [6.07, 6.45) is 0. The first kappa shape index (κ1) is 14.4. The van der Waals surface area contributed by atoms with E-state index in [0.29, 0.717) is 11.4 Å². The zero-order valence-corrected chi connectivity index (χ0v) is 11.8. The Balaban J connectivity index is 2.70. The minimum absolute atomic E-state index is 0.0384. The van der Waals surface area contributed by atoms with E-state index in [2.05, 4.69) is 0 Å². The molecule has 100 valence electrons. The molecule has 1 aromatic carbocycles. The number of amides is 1. The lowest BCUT2D eigenvalue weighted by atomic mass is 10.1. The van der Waals surface area contributed by atoms with Crippen LogP contribution < -0.4 is 10.5 Å². The third-order valence-corrected chi connectivity index (χ3v) is 3.08. The third kappa shape index (κ3) is 3.39. The van der Waals surface area contributed by atoms with E-state index in [0.717, 1.165) is 11.1 Å². The number of likely N-dealkylation sites (N-methyl/N-ethyl adjacent to an activating group) is 1. The molecule has 0 heterocycles. The van der Waals surface area contributed by atoms with Crippen molar-refractivity contribution in [2.45, 2.75) is 33.7 Å². The Morgan fingerprint density at radius 1 is 1.33 bits per heavy atom. The fourth-order valence-electron chi connectivity index (χ4n) is 1.53. The first-order valence-electron chi connectivity index (χ1n) is 6.08. The lowest BCUT2D eigenvalue weighted by molar-refractivity contribution is -0.133. The zero-order chi connectivity index (χ0) is 13.9. The Morgan fingerprint density at radius 3 is 2.50 bits per heavy atom. The number of rotatable bonds is 4. The summed E-state index contributed by atoms with van der Waals surface area (Å²) < 4.78 is 5.53. The average molecular weight is 250 g/mol. The molecule has 0 saturated carbocycles. The van der Waals surface area contributed by atoms with E-state index in [4.69, 9.17) is 10.5 Å². The second kappa shape index (κ2) is 5.76. The maximum atomic E-state index is 11.8. The molecule has 0 aliphatic rings. The first-order valence-corrected chi connectivity index (χ1v) is 6.08. The number of ether oxygens (including phenoxy) is 1. The monoisotopic (exact) mass is 250 g/mol. The van der Waals surface area contributed by atoms with E-state index in [1.54, 1.807) is 18.0 Å². The van der Waals surface area contributed by atoms with Gasteiger partial charge in [-0.05, 0) is 38.8 Å². The second-order valence-electron chi connectivity index (χ2n) is 4.86. The Morgan fingerprint density at radius 2 is 1.94 bits per heavy atom. The van der Waals surface area contributed by atoms with Crippen LogP contribution in [0, 0.1) is 13.8 Å². The van der Waals surface area contributed by atoms with Crippen LogP contribution in [0.15, 0.2) is 12.1 Å². The molecule has 0 bridgehead atoms. The predicted octanol–water partition coefficient (Wildman–Crippen LogP) is 2.13. The van der Waals surface area contributed by atoms with Crippen LogP contribution >= 0.6 is 0 Å². The van der Waals surface area contributed by atoms with Crippen molar-refractivity contribution in [3.63, 3.8) is 0 Å². The van der Waals surface area contributed by atoms with Gasteiger partial charge >= 0.3 is 0 Å². The van der Waals surface area contributed by atoms with Crippen LogP contribution in [0.3, 0.4) is 0 Å². The van der Waals surface area contributed by atoms with E-state index in [1.807, 2.05) is 33.8 Å². The lowest BCUT2D eigenvalue weighted by Gasteiger charge is -2.21. The number of anilines is 1. The highest BCUT2D eigenvalue weighted by Gasteiger charge is 2.13. The van der Waals surface area contributed by atoms with E-state index in [9.17, 15) is 4.79 Å². The van der Waals surface area contributed by atoms with Crippen molar-refractivity contribution >= 4 is 11.6 Å². The molecule has 4 nitrogen and oxygen atoms in total. The summed E-state index contributed by atoms with van der Waals surface area (Å²) in [5.41, 5.74) is 8.52.